The maximum absolute atomic E-state index is 11.9. The highest BCUT2D eigenvalue weighted by Crippen LogP contribution is 2.25. The van der Waals surface area contributed by atoms with Gasteiger partial charge in [0.15, 0.2) is 14.1 Å². The van der Waals surface area contributed by atoms with Crippen molar-refractivity contribution in [1.82, 2.24) is 9.78 Å². The second kappa shape index (κ2) is 8.01. The number of hydrogen-bond acceptors (Lipinski definition) is 6. The van der Waals surface area contributed by atoms with Crippen molar-refractivity contribution in [2.45, 2.75) is 17.2 Å². The van der Waals surface area contributed by atoms with Gasteiger partial charge in [-0.3, -0.25) is 4.79 Å². The molecule has 118 valence electrons. The lowest BCUT2D eigenvalue weighted by atomic mass is 10.2. The van der Waals surface area contributed by atoms with Crippen LogP contribution in [0.2, 0.25) is 0 Å². The van der Waals surface area contributed by atoms with E-state index in [4.69, 9.17) is 12.2 Å². The number of para-hydroxylation sites is 1. The summed E-state index contributed by atoms with van der Waals surface area (Å²) in [6, 6.07) is 13.7. The van der Waals surface area contributed by atoms with E-state index in [1.165, 1.54) is 22.7 Å². The molecule has 0 bridgehead atoms. The Morgan fingerprint density at radius 3 is 2.78 bits per heavy atom. The van der Waals surface area contributed by atoms with Crippen molar-refractivity contribution in [3.8, 4) is 5.69 Å². The number of benzene rings is 1. The smallest absolute Gasteiger partial charge is 0.184 e. The Morgan fingerprint density at radius 2 is 2.04 bits per heavy atom. The number of carbonyl (C=O) groups is 1. The van der Waals surface area contributed by atoms with E-state index >= 15 is 0 Å². The molecule has 0 amide bonds. The molecule has 0 aliphatic carbocycles. The van der Waals surface area contributed by atoms with Gasteiger partial charge in [0.25, 0.3) is 0 Å². The molecule has 2 aromatic heterocycles. The minimum atomic E-state index is 0.225. The maximum Gasteiger partial charge on any atom is 0.184 e. The number of nitrogens with zero attached hydrogens (tertiary/aromatic N) is 2. The molecule has 0 saturated carbocycles. The Bertz CT molecular complexity index is 821. The average Bonchev–Trinajstić information content (AvgIpc) is 3.22. The molecule has 3 rings (SSSR count). The second-order valence-electron chi connectivity index (χ2n) is 4.73. The Hall–Kier alpha value is -1.28. The van der Waals surface area contributed by atoms with Crippen molar-refractivity contribution in [2.75, 3.05) is 5.75 Å². The minimum absolute atomic E-state index is 0.225. The van der Waals surface area contributed by atoms with Gasteiger partial charge in [0.1, 0.15) is 0 Å². The van der Waals surface area contributed by atoms with Crippen LogP contribution < -0.4 is 0 Å². The molecular formula is C16H14N2OS4. The van der Waals surface area contributed by atoms with Crippen LogP contribution in [0.15, 0.2) is 52.2 Å². The summed E-state index contributed by atoms with van der Waals surface area (Å²) in [5.74, 6) is 1.09. The molecule has 3 nitrogen and oxygen atoms in total. The quantitative estimate of drug-likeness (QED) is 0.236. The van der Waals surface area contributed by atoms with Gasteiger partial charge >= 0.3 is 0 Å². The summed E-state index contributed by atoms with van der Waals surface area (Å²) in [6.45, 7) is 0. The van der Waals surface area contributed by atoms with E-state index in [-0.39, 0.29) is 5.78 Å². The third kappa shape index (κ3) is 4.38. The van der Waals surface area contributed by atoms with Crippen LogP contribution in [0.3, 0.4) is 0 Å². The molecule has 1 aromatic carbocycles. The summed E-state index contributed by atoms with van der Waals surface area (Å²) in [6.07, 6.45) is 1.43. The van der Waals surface area contributed by atoms with Gasteiger partial charge in [0, 0.05) is 12.2 Å². The molecule has 2 heterocycles. The lowest BCUT2D eigenvalue weighted by Gasteiger charge is -1.99. The third-order valence-electron chi connectivity index (χ3n) is 3.10. The van der Waals surface area contributed by atoms with Gasteiger partial charge in [-0.15, -0.1) is 16.4 Å². The number of thioether (sulfide) groups is 1. The highest BCUT2D eigenvalue weighted by Gasteiger charge is 2.08. The van der Waals surface area contributed by atoms with Crippen molar-refractivity contribution in [3.05, 3.63) is 56.7 Å². The van der Waals surface area contributed by atoms with Crippen LogP contribution in [-0.4, -0.2) is 21.3 Å². The molecule has 23 heavy (non-hydrogen) atoms. The number of aromatic nitrogens is 2. The first-order valence-corrected chi connectivity index (χ1v) is 10.2. The zero-order valence-electron chi connectivity index (χ0n) is 12.2. The average molecular weight is 379 g/mol. The minimum Gasteiger partial charge on any atom is -0.293 e. The largest absolute Gasteiger partial charge is 0.293 e. The van der Waals surface area contributed by atoms with Crippen LogP contribution in [0, 0.1) is 3.95 Å². The van der Waals surface area contributed by atoms with E-state index in [0.29, 0.717) is 6.42 Å². The lowest BCUT2D eigenvalue weighted by Crippen LogP contribution is -1.97. The molecule has 0 saturated heterocycles. The number of carbonyl (C=O) groups excluding carboxylic acids is 1. The van der Waals surface area contributed by atoms with Gasteiger partial charge in [0.2, 0.25) is 0 Å². The molecule has 0 radical (unpaired) electrons. The van der Waals surface area contributed by atoms with Crippen LogP contribution in [0.5, 0.6) is 0 Å². The molecule has 0 aliphatic rings. The SMILES string of the molecule is O=C(CCCSc1nn(-c2ccccc2)c(=S)s1)c1cccs1. The highest BCUT2D eigenvalue weighted by atomic mass is 32.2. The van der Waals surface area contributed by atoms with Gasteiger partial charge in [0.05, 0.1) is 10.6 Å². The first-order valence-electron chi connectivity index (χ1n) is 7.09. The van der Waals surface area contributed by atoms with Crippen LogP contribution in [0.1, 0.15) is 22.5 Å². The molecule has 0 atom stereocenters. The lowest BCUT2D eigenvalue weighted by molar-refractivity contribution is 0.0986. The standard InChI is InChI=1S/C16H14N2OS4/c19-13(14-9-5-10-21-14)8-4-11-22-15-17-18(16(20)23-15)12-6-2-1-3-7-12/h1-3,5-7,9-10H,4,8,11H2. The van der Waals surface area contributed by atoms with Crippen molar-refractivity contribution in [2.24, 2.45) is 0 Å². The Kier molecular flexibility index (Phi) is 5.77. The van der Waals surface area contributed by atoms with E-state index in [2.05, 4.69) is 5.10 Å². The van der Waals surface area contributed by atoms with Gasteiger partial charge in [-0.05, 0) is 42.2 Å². The fourth-order valence-electron chi connectivity index (χ4n) is 2.00. The predicted molar refractivity (Wildman–Crippen MR) is 101 cm³/mol. The van der Waals surface area contributed by atoms with Crippen molar-refractivity contribution >= 4 is 52.4 Å². The van der Waals surface area contributed by atoms with Crippen LogP contribution >= 0.6 is 46.7 Å². The molecule has 7 heteroatoms. The number of ketones is 1. The van der Waals surface area contributed by atoms with Crippen LogP contribution in [0.4, 0.5) is 0 Å². The number of rotatable bonds is 7. The van der Waals surface area contributed by atoms with Gasteiger partial charge in [-0.2, -0.15) is 0 Å². The molecule has 0 N–H and O–H groups in total. The normalized spacial score (nSPS) is 10.8. The van der Waals surface area contributed by atoms with E-state index in [1.807, 2.05) is 47.8 Å². The van der Waals surface area contributed by atoms with Gasteiger partial charge in [-0.1, -0.05) is 47.4 Å². The molecule has 0 spiro atoms. The van der Waals surface area contributed by atoms with E-state index < -0.39 is 0 Å². The summed E-state index contributed by atoms with van der Waals surface area (Å²) in [7, 11) is 0. The number of Topliss-reactive ketones (excluding diaryl/α,β-unsaturated/α-hetero) is 1. The third-order valence-corrected chi connectivity index (χ3v) is 6.46. The van der Waals surface area contributed by atoms with Crippen molar-refractivity contribution < 1.29 is 4.79 Å². The Labute approximate surface area is 152 Å². The Balaban J connectivity index is 1.53. The van der Waals surface area contributed by atoms with Crippen LogP contribution in [-0.2, 0) is 0 Å². The summed E-state index contributed by atoms with van der Waals surface area (Å²) in [5.41, 5.74) is 0.980. The number of thiophene rings is 1. The first kappa shape index (κ1) is 16.6. The van der Waals surface area contributed by atoms with Crippen LogP contribution in [0.25, 0.3) is 5.69 Å². The zero-order valence-corrected chi connectivity index (χ0v) is 15.4. The zero-order chi connectivity index (χ0) is 16.1. The summed E-state index contributed by atoms with van der Waals surface area (Å²) >= 11 is 10.1. The fraction of sp³-hybridized carbons (Fsp3) is 0.188. The maximum atomic E-state index is 11.9. The molecule has 3 aromatic rings. The van der Waals surface area contributed by atoms with Gasteiger partial charge < -0.3 is 0 Å². The highest BCUT2D eigenvalue weighted by molar-refractivity contribution is 8.01. The predicted octanol–water partition coefficient (Wildman–Crippen LogP) is 5.48. The molecular weight excluding hydrogens is 364 g/mol. The van der Waals surface area contributed by atoms with E-state index in [0.717, 1.165) is 31.0 Å². The fourth-order valence-corrected chi connectivity index (χ4v) is 5.07. The number of hydrogen-bond donors (Lipinski definition) is 0. The second-order valence-corrected chi connectivity index (χ2v) is 8.65. The summed E-state index contributed by atoms with van der Waals surface area (Å²) in [4.78, 5) is 12.8. The van der Waals surface area contributed by atoms with Gasteiger partial charge in [-0.25, -0.2) is 4.68 Å². The molecule has 0 aliphatic heterocycles. The topological polar surface area (TPSA) is 34.9 Å². The van der Waals surface area contributed by atoms with Crippen molar-refractivity contribution in [3.63, 3.8) is 0 Å². The van der Waals surface area contributed by atoms with E-state index in [9.17, 15) is 4.79 Å². The summed E-state index contributed by atoms with van der Waals surface area (Å²) in [5, 5.41) is 6.49. The first-order chi connectivity index (χ1) is 11.2. The summed E-state index contributed by atoms with van der Waals surface area (Å²) < 4.78 is 3.48. The monoisotopic (exact) mass is 378 g/mol. The molecule has 0 fully saturated rings. The van der Waals surface area contributed by atoms with Crippen molar-refractivity contribution in [1.29, 1.82) is 0 Å². The van der Waals surface area contributed by atoms with E-state index in [1.54, 1.807) is 16.4 Å². The molecule has 0 unspecified atom stereocenters. The Morgan fingerprint density at radius 1 is 1.22 bits per heavy atom.